The summed E-state index contributed by atoms with van der Waals surface area (Å²) in [5.74, 6) is 1.05. The molecule has 3 aromatic rings. The molecule has 2 radical (unpaired) electrons. The molecule has 136 valence electrons. The monoisotopic (exact) mass is 366 g/mol. The number of nitrogens with one attached hydrogen (secondary N) is 2. The molecule has 1 aromatic carbocycles. The van der Waals surface area contributed by atoms with Gasteiger partial charge in [-0.15, -0.1) is 0 Å². The fraction of sp³-hybridized carbons (Fsp3) is 0.286. The molecule has 1 aliphatic rings. The van der Waals surface area contributed by atoms with E-state index in [1.165, 1.54) is 6.20 Å². The van der Waals surface area contributed by atoms with Gasteiger partial charge in [-0.3, -0.25) is 0 Å². The van der Waals surface area contributed by atoms with Crippen LogP contribution in [0.4, 0.5) is 5.82 Å². The van der Waals surface area contributed by atoms with E-state index in [-0.39, 0.29) is 0 Å². The Morgan fingerprint density at radius 3 is 2.68 bits per heavy atom. The average molecular weight is 366 g/mol. The first-order chi connectivity index (χ1) is 13.7. The van der Waals surface area contributed by atoms with Crippen LogP contribution in [0.1, 0.15) is 24.0 Å². The number of benzene rings is 1. The quantitative estimate of drug-likeness (QED) is 0.689. The molecular weight excluding hydrogens is 347 g/mol. The van der Waals surface area contributed by atoms with E-state index < -0.39 is 0 Å². The van der Waals surface area contributed by atoms with Gasteiger partial charge in [0, 0.05) is 18.3 Å². The summed E-state index contributed by atoms with van der Waals surface area (Å²) in [4.78, 5) is 0. The van der Waals surface area contributed by atoms with E-state index in [0.29, 0.717) is 39.4 Å². The molecule has 7 heteroatoms. The van der Waals surface area contributed by atoms with Gasteiger partial charge in [0.15, 0.2) is 0 Å². The van der Waals surface area contributed by atoms with Crippen molar-refractivity contribution in [2.75, 3.05) is 25.0 Å². The Labute approximate surface area is 165 Å². The van der Waals surface area contributed by atoms with E-state index in [2.05, 4.69) is 27.9 Å². The number of piperidine rings is 1. The third-order valence-corrected chi connectivity index (χ3v) is 5.23. The van der Waals surface area contributed by atoms with Gasteiger partial charge in [-0.1, -0.05) is 35.8 Å². The summed E-state index contributed by atoms with van der Waals surface area (Å²) < 4.78 is 1.59. The topological polar surface area (TPSA) is 88.9 Å². The van der Waals surface area contributed by atoms with E-state index in [1.54, 1.807) is 4.52 Å². The lowest BCUT2D eigenvalue weighted by atomic mass is 9.90. The molecule has 2 N–H and O–H groups in total. The summed E-state index contributed by atoms with van der Waals surface area (Å²) in [6.07, 6.45) is 3.80. The average Bonchev–Trinajstić information content (AvgIpc) is 3.14. The van der Waals surface area contributed by atoms with E-state index in [1.807, 2.05) is 30.3 Å². The number of anilines is 1. The lowest BCUT2D eigenvalue weighted by molar-refractivity contribution is 0.392. The summed E-state index contributed by atoms with van der Waals surface area (Å²) in [5.41, 5.74) is 3.12. The maximum atomic E-state index is 10.00. The fourth-order valence-electron chi connectivity index (χ4n) is 3.86. The van der Waals surface area contributed by atoms with Crippen molar-refractivity contribution < 1.29 is 0 Å². The van der Waals surface area contributed by atoms with Gasteiger partial charge >= 0.3 is 0 Å². The van der Waals surface area contributed by atoms with Gasteiger partial charge in [0.05, 0.1) is 11.1 Å². The van der Waals surface area contributed by atoms with Crippen molar-refractivity contribution in [2.45, 2.75) is 12.8 Å². The third kappa shape index (κ3) is 3.11. The number of aromatic nitrogens is 2. The second-order valence-corrected chi connectivity index (χ2v) is 7.02. The number of rotatable bonds is 4. The molecule has 0 spiro atoms. The highest BCUT2D eigenvalue weighted by Gasteiger charge is 2.23. The first-order valence-electron chi connectivity index (χ1n) is 9.38. The molecule has 4 rings (SSSR count). The molecule has 0 saturated carbocycles. The summed E-state index contributed by atoms with van der Waals surface area (Å²) in [5, 5.41) is 31.1. The lowest BCUT2D eigenvalue weighted by Crippen LogP contribution is -2.34. The van der Waals surface area contributed by atoms with Gasteiger partial charge in [-0.05, 0) is 37.4 Å². The summed E-state index contributed by atoms with van der Waals surface area (Å²) in [6.45, 7) is 2.71. The molecule has 2 aromatic heterocycles. The highest BCUT2D eigenvalue weighted by atomic mass is 15.3. The Balaban J connectivity index is 1.91. The van der Waals surface area contributed by atoms with Crippen molar-refractivity contribution in [2.24, 2.45) is 5.92 Å². The highest BCUT2D eigenvalue weighted by Crippen LogP contribution is 2.34. The van der Waals surface area contributed by atoms with Gasteiger partial charge in [-0.25, -0.2) is 4.52 Å². The molecule has 1 fully saturated rings. The molecule has 28 heavy (non-hydrogen) atoms. The molecule has 1 saturated heterocycles. The van der Waals surface area contributed by atoms with Gasteiger partial charge < -0.3 is 10.6 Å². The Kier molecular flexibility index (Phi) is 5.01. The van der Waals surface area contributed by atoms with Gasteiger partial charge in [0.25, 0.3) is 0 Å². The van der Waals surface area contributed by atoms with Crippen molar-refractivity contribution in [3.05, 3.63) is 47.7 Å². The summed E-state index contributed by atoms with van der Waals surface area (Å²) in [6, 6.07) is 14.0. The smallest absolute Gasteiger partial charge is 0.146 e. The predicted octanol–water partition coefficient (Wildman–Crippen LogP) is 1.95. The maximum absolute atomic E-state index is 10.00. The fourth-order valence-corrected chi connectivity index (χ4v) is 3.86. The number of nitrogens with zero attached hydrogens (tertiary/aromatic N) is 4. The Morgan fingerprint density at radius 2 is 2.00 bits per heavy atom. The van der Waals surface area contributed by atoms with Crippen LogP contribution in [0.25, 0.3) is 16.6 Å². The van der Waals surface area contributed by atoms with Gasteiger partial charge in [0.2, 0.25) is 0 Å². The Morgan fingerprint density at radius 1 is 1.21 bits per heavy atom. The molecule has 1 atom stereocenters. The van der Waals surface area contributed by atoms with Crippen LogP contribution in [0, 0.1) is 28.6 Å². The number of hydrogen-bond donors (Lipinski definition) is 2. The van der Waals surface area contributed by atoms with Crippen molar-refractivity contribution in [3.63, 3.8) is 0 Å². The summed E-state index contributed by atoms with van der Waals surface area (Å²) >= 11 is 0. The van der Waals surface area contributed by atoms with Crippen molar-refractivity contribution in [1.82, 2.24) is 14.9 Å². The zero-order valence-electron chi connectivity index (χ0n) is 15.4. The standard InChI is InChI=1S/C21H19BN6/c22-18-13-27-28-20(18)16(9-23)19(15-6-2-1-3-7-15)17(10-24)21(28)26-12-14-5-4-8-25-11-14/h1-3,6-7,13-14,25-26H,4-5,8,11-12H2. The van der Waals surface area contributed by atoms with Crippen molar-refractivity contribution >= 4 is 24.6 Å². The first-order valence-corrected chi connectivity index (χ1v) is 9.38. The SMILES string of the molecule is [B]c1cnn2c(NCC3CCCNC3)c(C#N)c(-c3ccccc3)c(C#N)c12. The minimum Gasteiger partial charge on any atom is -0.369 e. The molecular formula is C21H19BN6. The normalized spacial score (nSPS) is 16.4. The molecule has 0 amide bonds. The van der Waals surface area contributed by atoms with Crippen LogP contribution < -0.4 is 16.1 Å². The van der Waals surface area contributed by atoms with Crippen LogP contribution in [0.3, 0.4) is 0 Å². The zero-order chi connectivity index (χ0) is 19.5. The number of pyridine rings is 1. The largest absolute Gasteiger partial charge is 0.369 e. The van der Waals surface area contributed by atoms with E-state index in [4.69, 9.17) is 7.85 Å². The highest BCUT2D eigenvalue weighted by molar-refractivity contribution is 6.37. The zero-order valence-corrected chi connectivity index (χ0v) is 15.4. The van der Waals surface area contributed by atoms with E-state index >= 15 is 0 Å². The Hall–Kier alpha value is -3.29. The predicted molar refractivity (Wildman–Crippen MR) is 110 cm³/mol. The van der Waals surface area contributed by atoms with Crippen molar-refractivity contribution in [1.29, 1.82) is 10.5 Å². The van der Waals surface area contributed by atoms with Gasteiger partial charge in [0.1, 0.15) is 31.4 Å². The lowest BCUT2D eigenvalue weighted by Gasteiger charge is -2.24. The minimum absolute atomic E-state index is 0.364. The van der Waals surface area contributed by atoms with Crippen LogP contribution in [0.2, 0.25) is 0 Å². The number of nitriles is 2. The Bertz CT molecular complexity index is 1080. The second kappa shape index (κ2) is 7.76. The van der Waals surface area contributed by atoms with Crippen molar-refractivity contribution in [3.8, 4) is 23.3 Å². The molecule has 6 nitrogen and oxygen atoms in total. The number of hydrogen-bond acceptors (Lipinski definition) is 5. The van der Waals surface area contributed by atoms with Gasteiger partial charge in [-0.2, -0.15) is 15.6 Å². The van der Waals surface area contributed by atoms with Crippen LogP contribution in [-0.2, 0) is 0 Å². The van der Waals surface area contributed by atoms with Crippen LogP contribution in [0.15, 0.2) is 36.5 Å². The first kappa shape index (κ1) is 18.1. The third-order valence-electron chi connectivity index (χ3n) is 5.23. The van der Waals surface area contributed by atoms with Crippen LogP contribution in [0.5, 0.6) is 0 Å². The minimum atomic E-state index is 0.364. The molecule has 1 unspecified atom stereocenters. The van der Waals surface area contributed by atoms with Crippen LogP contribution >= 0.6 is 0 Å². The van der Waals surface area contributed by atoms with Crippen LogP contribution in [-0.4, -0.2) is 37.1 Å². The van der Waals surface area contributed by atoms with E-state index in [0.717, 1.165) is 38.0 Å². The maximum Gasteiger partial charge on any atom is 0.146 e. The second-order valence-electron chi connectivity index (χ2n) is 7.02. The molecule has 0 bridgehead atoms. The summed E-state index contributed by atoms with van der Waals surface area (Å²) in [7, 11) is 6.14. The number of fused-ring (bicyclic) bond motifs is 1. The molecule has 1 aliphatic heterocycles. The molecule has 0 aliphatic carbocycles. The van der Waals surface area contributed by atoms with E-state index in [9.17, 15) is 10.5 Å². The molecule has 3 heterocycles.